The molecule has 1 amide bonds. The molecule has 1 aromatic carbocycles. The zero-order chi connectivity index (χ0) is 20.4. The Morgan fingerprint density at radius 3 is 2.90 bits per heavy atom. The van der Waals surface area contributed by atoms with Crippen LogP contribution in [0.4, 0.5) is 13.2 Å². The molecule has 0 saturated carbocycles. The number of nitrogens with zero attached hydrogens (tertiary/aromatic N) is 3. The van der Waals surface area contributed by atoms with Gasteiger partial charge < -0.3 is 9.42 Å². The maximum Gasteiger partial charge on any atom is 0.416 e. The quantitative estimate of drug-likeness (QED) is 0.546. The van der Waals surface area contributed by atoms with Gasteiger partial charge in [0.25, 0.3) is 0 Å². The van der Waals surface area contributed by atoms with E-state index in [1.54, 1.807) is 11.0 Å². The lowest BCUT2D eigenvalue weighted by atomic mass is 10.1. The van der Waals surface area contributed by atoms with E-state index in [1.165, 1.54) is 29.5 Å². The van der Waals surface area contributed by atoms with Crippen LogP contribution in [0.25, 0.3) is 17.5 Å². The number of carbonyl (C=O) groups excluding carboxylic acids is 1. The van der Waals surface area contributed by atoms with E-state index in [2.05, 4.69) is 10.1 Å². The van der Waals surface area contributed by atoms with E-state index in [-0.39, 0.29) is 29.2 Å². The summed E-state index contributed by atoms with van der Waals surface area (Å²) >= 11 is 1.53. The Kier molecular flexibility index (Phi) is 5.23. The van der Waals surface area contributed by atoms with Gasteiger partial charge in [0, 0.05) is 23.1 Å². The number of hydrogen-bond acceptors (Lipinski definition) is 5. The average molecular weight is 419 g/mol. The molecule has 0 radical (unpaired) electrons. The smallest absolute Gasteiger partial charge is 0.337 e. The van der Waals surface area contributed by atoms with Gasteiger partial charge in [0.05, 0.1) is 5.56 Å². The number of hydrogen-bond donors (Lipinski definition) is 0. The maximum atomic E-state index is 12.9. The number of carbonyl (C=O) groups is 1. The summed E-state index contributed by atoms with van der Waals surface area (Å²) in [5.41, 5.74) is -0.568. The standard InChI is InChI=1S/C20H16F3N3O2S/c21-20(22,23)14-5-1-4-13(12-14)18-24-19(28-25-18)16-7-2-10-26(16)17(27)9-8-15-6-3-11-29-15/h1,3-6,8-9,11-12,16H,2,7,10H2/b9-8+/t16-/m1/s1. The van der Waals surface area contributed by atoms with Crippen molar-refractivity contribution < 1.29 is 22.5 Å². The van der Waals surface area contributed by atoms with Crippen LogP contribution in [-0.2, 0) is 11.0 Å². The lowest BCUT2D eigenvalue weighted by Crippen LogP contribution is -2.29. The summed E-state index contributed by atoms with van der Waals surface area (Å²) < 4.78 is 44.1. The molecule has 3 heterocycles. The van der Waals surface area contributed by atoms with Crippen LogP contribution in [0.3, 0.4) is 0 Å². The summed E-state index contributed by atoms with van der Waals surface area (Å²) in [6, 6.07) is 8.19. The summed E-state index contributed by atoms with van der Waals surface area (Å²) in [5, 5.41) is 5.75. The van der Waals surface area contributed by atoms with Crippen LogP contribution in [0.15, 0.2) is 52.4 Å². The van der Waals surface area contributed by atoms with Gasteiger partial charge in [-0.2, -0.15) is 18.2 Å². The van der Waals surface area contributed by atoms with Gasteiger partial charge in [-0.25, -0.2) is 0 Å². The fourth-order valence-electron chi connectivity index (χ4n) is 3.24. The van der Waals surface area contributed by atoms with E-state index in [4.69, 9.17) is 4.52 Å². The van der Waals surface area contributed by atoms with Crippen LogP contribution < -0.4 is 0 Å². The Labute approximate surface area is 168 Å². The molecule has 1 aliphatic rings. The van der Waals surface area contributed by atoms with Crippen molar-refractivity contribution in [3.05, 3.63) is 64.2 Å². The average Bonchev–Trinajstić information content (AvgIpc) is 3.46. The lowest BCUT2D eigenvalue weighted by Gasteiger charge is -2.19. The molecule has 0 aliphatic carbocycles. The molecule has 0 N–H and O–H groups in total. The molecule has 1 fully saturated rings. The van der Waals surface area contributed by atoms with Crippen LogP contribution in [-0.4, -0.2) is 27.5 Å². The van der Waals surface area contributed by atoms with E-state index in [1.807, 2.05) is 17.5 Å². The summed E-state index contributed by atoms with van der Waals surface area (Å²) in [5.74, 6) is 0.132. The first kappa shape index (κ1) is 19.4. The highest BCUT2D eigenvalue weighted by atomic mass is 32.1. The summed E-state index contributed by atoms with van der Waals surface area (Å²) in [6.07, 6.45) is 0.248. The van der Waals surface area contributed by atoms with E-state index in [0.717, 1.165) is 23.4 Å². The second-order valence-electron chi connectivity index (χ2n) is 6.57. The minimum atomic E-state index is -4.45. The van der Waals surface area contributed by atoms with Crippen molar-refractivity contribution in [1.82, 2.24) is 15.0 Å². The van der Waals surface area contributed by atoms with Gasteiger partial charge in [-0.3, -0.25) is 4.79 Å². The molecule has 0 unspecified atom stereocenters. The number of aromatic nitrogens is 2. The monoisotopic (exact) mass is 419 g/mol. The fraction of sp³-hybridized carbons (Fsp3) is 0.250. The van der Waals surface area contributed by atoms with Crippen molar-refractivity contribution in [3.63, 3.8) is 0 Å². The van der Waals surface area contributed by atoms with Gasteiger partial charge >= 0.3 is 6.18 Å². The molecule has 1 aliphatic heterocycles. The van der Waals surface area contributed by atoms with E-state index >= 15 is 0 Å². The number of likely N-dealkylation sites (tertiary alicyclic amines) is 1. The highest BCUT2D eigenvalue weighted by molar-refractivity contribution is 7.10. The molecule has 150 valence electrons. The van der Waals surface area contributed by atoms with Crippen LogP contribution in [0.2, 0.25) is 0 Å². The predicted molar refractivity (Wildman–Crippen MR) is 102 cm³/mol. The van der Waals surface area contributed by atoms with Crippen molar-refractivity contribution in [2.45, 2.75) is 25.1 Å². The first-order valence-corrected chi connectivity index (χ1v) is 9.83. The number of benzene rings is 1. The zero-order valence-electron chi connectivity index (χ0n) is 15.1. The Balaban J connectivity index is 1.53. The lowest BCUT2D eigenvalue weighted by molar-refractivity contribution is -0.137. The Hall–Kier alpha value is -2.94. The summed E-state index contributed by atoms with van der Waals surface area (Å²) in [6.45, 7) is 0.555. The van der Waals surface area contributed by atoms with Crippen molar-refractivity contribution in [1.29, 1.82) is 0 Å². The third-order valence-corrected chi connectivity index (χ3v) is 5.48. The van der Waals surface area contributed by atoms with Crippen molar-refractivity contribution in [2.24, 2.45) is 0 Å². The van der Waals surface area contributed by atoms with Crippen molar-refractivity contribution in [2.75, 3.05) is 6.54 Å². The molecule has 5 nitrogen and oxygen atoms in total. The Morgan fingerprint density at radius 2 is 2.14 bits per heavy atom. The van der Waals surface area contributed by atoms with Gasteiger partial charge in [-0.05, 0) is 42.5 Å². The number of thiophene rings is 1. The van der Waals surface area contributed by atoms with Gasteiger partial charge in [-0.1, -0.05) is 23.4 Å². The SMILES string of the molecule is O=C(/C=C/c1cccs1)N1CCC[C@@H]1c1nc(-c2cccc(C(F)(F)F)c2)no1. The number of alkyl halides is 3. The van der Waals surface area contributed by atoms with Gasteiger partial charge in [-0.15, -0.1) is 11.3 Å². The van der Waals surface area contributed by atoms with Crippen LogP contribution >= 0.6 is 11.3 Å². The highest BCUT2D eigenvalue weighted by Gasteiger charge is 2.34. The largest absolute Gasteiger partial charge is 0.416 e. The Bertz CT molecular complexity index is 1030. The first-order valence-electron chi connectivity index (χ1n) is 8.95. The maximum absolute atomic E-state index is 12.9. The van der Waals surface area contributed by atoms with E-state index in [0.29, 0.717) is 13.0 Å². The fourth-order valence-corrected chi connectivity index (χ4v) is 3.86. The molecule has 2 aromatic heterocycles. The number of halogens is 3. The Morgan fingerprint density at radius 1 is 1.28 bits per heavy atom. The molecule has 0 spiro atoms. The molecule has 3 aromatic rings. The van der Waals surface area contributed by atoms with Gasteiger partial charge in [0.1, 0.15) is 6.04 Å². The molecule has 29 heavy (non-hydrogen) atoms. The zero-order valence-corrected chi connectivity index (χ0v) is 15.9. The van der Waals surface area contributed by atoms with Gasteiger partial charge in [0.15, 0.2) is 0 Å². The van der Waals surface area contributed by atoms with Crippen LogP contribution in [0.1, 0.15) is 35.2 Å². The minimum absolute atomic E-state index is 0.0690. The van der Waals surface area contributed by atoms with Crippen molar-refractivity contribution >= 4 is 23.3 Å². The second kappa shape index (κ2) is 7.82. The summed E-state index contributed by atoms with van der Waals surface area (Å²) in [7, 11) is 0. The topological polar surface area (TPSA) is 59.2 Å². The van der Waals surface area contributed by atoms with Crippen LogP contribution in [0, 0.1) is 0 Å². The summed E-state index contributed by atoms with van der Waals surface area (Å²) in [4.78, 5) is 19.5. The molecular formula is C20H16F3N3O2S. The predicted octanol–water partition coefficient (Wildman–Crippen LogP) is 5.19. The number of amides is 1. The molecular weight excluding hydrogens is 403 g/mol. The molecule has 1 atom stereocenters. The van der Waals surface area contributed by atoms with Crippen molar-refractivity contribution in [3.8, 4) is 11.4 Å². The third kappa shape index (κ3) is 4.24. The molecule has 9 heteroatoms. The first-order chi connectivity index (χ1) is 13.9. The van der Waals surface area contributed by atoms with E-state index in [9.17, 15) is 18.0 Å². The highest BCUT2D eigenvalue weighted by Crippen LogP contribution is 2.34. The van der Waals surface area contributed by atoms with Crippen LogP contribution in [0.5, 0.6) is 0 Å². The molecule has 4 rings (SSSR count). The molecule has 0 bridgehead atoms. The molecule has 1 saturated heterocycles. The second-order valence-corrected chi connectivity index (χ2v) is 7.55. The third-order valence-electron chi connectivity index (χ3n) is 4.64. The normalized spacial score (nSPS) is 17.3. The number of rotatable bonds is 4. The van der Waals surface area contributed by atoms with E-state index < -0.39 is 11.7 Å². The van der Waals surface area contributed by atoms with Gasteiger partial charge in [0.2, 0.25) is 17.6 Å². The minimum Gasteiger partial charge on any atom is -0.337 e.